The number of hydrogen-bond acceptors (Lipinski definition) is 1. The summed E-state index contributed by atoms with van der Waals surface area (Å²) in [5.41, 5.74) is 0.592. The average Bonchev–Trinajstić information content (AvgIpc) is 2.70. The van der Waals surface area contributed by atoms with E-state index in [0.29, 0.717) is 10.2 Å². The van der Waals surface area contributed by atoms with E-state index in [0.717, 1.165) is 13.2 Å². The van der Waals surface area contributed by atoms with E-state index in [4.69, 9.17) is 4.74 Å². The molecule has 11 heavy (non-hydrogen) atoms. The first kappa shape index (κ1) is 9.53. The van der Waals surface area contributed by atoms with Crippen LogP contribution in [0.4, 0.5) is 0 Å². The Balaban J connectivity index is 2.14. The van der Waals surface area contributed by atoms with Crippen LogP contribution < -0.4 is 0 Å². The van der Waals surface area contributed by atoms with E-state index < -0.39 is 0 Å². The van der Waals surface area contributed by atoms with Gasteiger partial charge in [-0.2, -0.15) is 0 Å². The van der Waals surface area contributed by atoms with Crippen LogP contribution in [0.5, 0.6) is 0 Å². The van der Waals surface area contributed by atoms with Crippen LogP contribution in [0.25, 0.3) is 0 Å². The summed E-state index contributed by atoms with van der Waals surface area (Å²) < 4.78 is 5.34. The first-order chi connectivity index (χ1) is 5.21. The van der Waals surface area contributed by atoms with Crippen LogP contribution in [0.15, 0.2) is 0 Å². The molecular weight excluding hydrogens is 204 g/mol. The van der Waals surface area contributed by atoms with Gasteiger partial charge in [-0.05, 0) is 31.6 Å². The van der Waals surface area contributed by atoms with Gasteiger partial charge in [0.1, 0.15) is 0 Å². The third-order valence-corrected chi connectivity index (χ3v) is 3.66. The number of rotatable bonds is 5. The maximum atomic E-state index is 5.34. The molecule has 0 amide bonds. The van der Waals surface area contributed by atoms with Crippen molar-refractivity contribution in [3.63, 3.8) is 0 Å². The lowest BCUT2D eigenvalue weighted by Crippen LogP contribution is -2.14. The van der Waals surface area contributed by atoms with Crippen LogP contribution in [0.2, 0.25) is 0 Å². The van der Waals surface area contributed by atoms with Gasteiger partial charge in [0.25, 0.3) is 0 Å². The topological polar surface area (TPSA) is 9.23 Å². The van der Waals surface area contributed by atoms with E-state index >= 15 is 0 Å². The van der Waals surface area contributed by atoms with E-state index in [1.54, 1.807) is 0 Å². The summed E-state index contributed by atoms with van der Waals surface area (Å²) in [7, 11) is 0. The van der Waals surface area contributed by atoms with E-state index in [2.05, 4.69) is 29.8 Å². The highest BCUT2D eigenvalue weighted by atomic mass is 79.9. The van der Waals surface area contributed by atoms with Crippen LogP contribution in [0.3, 0.4) is 0 Å². The summed E-state index contributed by atoms with van der Waals surface area (Å²) >= 11 is 3.65. The highest BCUT2D eigenvalue weighted by molar-refractivity contribution is 9.09. The Morgan fingerprint density at radius 2 is 2.18 bits per heavy atom. The van der Waals surface area contributed by atoms with E-state index in [-0.39, 0.29) is 0 Å². The maximum Gasteiger partial charge on any atom is 0.0471 e. The van der Waals surface area contributed by atoms with Crippen molar-refractivity contribution in [2.45, 2.75) is 37.9 Å². The van der Waals surface area contributed by atoms with Gasteiger partial charge < -0.3 is 4.74 Å². The van der Waals surface area contributed by atoms with Gasteiger partial charge in [0, 0.05) is 18.0 Å². The molecule has 1 fully saturated rings. The zero-order valence-electron chi connectivity index (χ0n) is 7.40. The van der Waals surface area contributed by atoms with Gasteiger partial charge in [0.05, 0.1) is 0 Å². The molecule has 0 bridgehead atoms. The van der Waals surface area contributed by atoms with Crippen LogP contribution in [0, 0.1) is 5.41 Å². The minimum Gasteiger partial charge on any atom is -0.382 e. The van der Waals surface area contributed by atoms with Crippen molar-refractivity contribution in [3.8, 4) is 0 Å². The third-order valence-electron chi connectivity index (χ3n) is 2.68. The molecule has 2 heteroatoms. The van der Waals surface area contributed by atoms with Crippen molar-refractivity contribution in [2.24, 2.45) is 5.41 Å². The van der Waals surface area contributed by atoms with Crippen LogP contribution in [0.1, 0.15) is 33.1 Å². The second-order valence-corrected chi connectivity index (χ2v) is 4.80. The average molecular weight is 221 g/mol. The molecule has 1 atom stereocenters. The van der Waals surface area contributed by atoms with Gasteiger partial charge in [0.2, 0.25) is 0 Å². The number of halogens is 1. The van der Waals surface area contributed by atoms with Crippen molar-refractivity contribution >= 4 is 15.9 Å². The Bertz CT molecular complexity index is 119. The molecule has 1 unspecified atom stereocenters. The van der Waals surface area contributed by atoms with Crippen molar-refractivity contribution < 1.29 is 4.74 Å². The second-order valence-electron chi connectivity index (χ2n) is 3.43. The Morgan fingerprint density at radius 3 is 2.55 bits per heavy atom. The molecule has 0 aliphatic heterocycles. The molecule has 1 nitrogen and oxygen atoms in total. The number of hydrogen-bond donors (Lipinski definition) is 0. The van der Waals surface area contributed by atoms with E-state index in [1.807, 2.05) is 0 Å². The van der Waals surface area contributed by atoms with E-state index in [1.165, 1.54) is 19.3 Å². The molecule has 0 aromatic rings. The zero-order valence-corrected chi connectivity index (χ0v) is 8.99. The number of alkyl halides is 1. The lowest BCUT2D eigenvalue weighted by molar-refractivity contribution is 0.128. The summed E-state index contributed by atoms with van der Waals surface area (Å²) in [5.74, 6) is 0. The Morgan fingerprint density at radius 1 is 1.55 bits per heavy atom. The van der Waals surface area contributed by atoms with Gasteiger partial charge in [-0.3, -0.25) is 0 Å². The molecule has 0 radical (unpaired) electrons. The van der Waals surface area contributed by atoms with Crippen molar-refractivity contribution in [1.82, 2.24) is 0 Å². The van der Waals surface area contributed by atoms with Crippen LogP contribution in [-0.4, -0.2) is 18.0 Å². The molecule has 0 aromatic heterocycles. The van der Waals surface area contributed by atoms with Crippen LogP contribution in [-0.2, 0) is 4.74 Å². The molecular formula is C9H17BrO. The van der Waals surface area contributed by atoms with Gasteiger partial charge in [-0.15, -0.1) is 0 Å². The van der Waals surface area contributed by atoms with Crippen molar-refractivity contribution in [1.29, 1.82) is 0 Å². The van der Waals surface area contributed by atoms with Crippen LogP contribution >= 0.6 is 15.9 Å². The quantitative estimate of drug-likeness (QED) is 0.512. The van der Waals surface area contributed by atoms with E-state index in [9.17, 15) is 0 Å². The largest absolute Gasteiger partial charge is 0.382 e. The SMILES string of the molecule is CCOCCC1(C(C)Br)CC1. The molecule has 1 saturated carbocycles. The predicted octanol–water partition coefficient (Wildman–Crippen LogP) is 2.98. The Kier molecular flexibility index (Phi) is 3.38. The molecule has 0 aromatic carbocycles. The first-order valence-corrected chi connectivity index (χ1v) is 5.35. The molecule has 1 aliphatic carbocycles. The summed E-state index contributed by atoms with van der Waals surface area (Å²) in [6.45, 7) is 6.09. The maximum absolute atomic E-state index is 5.34. The first-order valence-electron chi connectivity index (χ1n) is 4.43. The summed E-state index contributed by atoms with van der Waals surface area (Å²) in [4.78, 5) is 0.662. The van der Waals surface area contributed by atoms with Gasteiger partial charge in [0.15, 0.2) is 0 Å². The van der Waals surface area contributed by atoms with Crippen molar-refractivity contribution in [2.75, 3.05) is 13.2 Å². The number of ether oxygens (including phenoxy) is 1. The smallest absolute Gasteiger partial charge is 0.0471 e. The highest BCUT2D eigenvalue weighted by Crippen LogP contribution is 2.54. The molecule has 1 aliphatic rings. The minimum absolute atomic E-state index is 0.592. The molecule has 66 valence electrons. The Labute approximate surface area is 77.6 Å². The minimum atomic E-state index is 0.592. The third kappa shape index (κ3) is 2.45. The summed E-state index contributed by atoms with van der Waals surface area (Å²) in [5, 5.41) is 0. The fraction of sp³-hybridized carbons (Fsp3) is 1.00. The molecule has 1 rings (SSSR count). The predicted molar refractivity (Wildman–Crippen MR) is 51.2 cm³/mol. The monoisotopic (exact) mass is 220 g/mol. The normalized spacial score (nSPS) is 23.2. The van der Waals surface area contributed by atoms with Crippen molar-refractivity contribution in [3.05, 3.63) is 0 Å². The second kappa shape index (κ2) is 3.90. The molecule has 0 saturated heterocycles. The summed E-state index contributed by atoms with van der Waals surface area (Å²) in [6, 6.07) is 0. The molecule has 0 spiro atoms. The van der Waals surface area contributed by atoms with Gasteiger partial charge >= 0.3 is 0 Å². The zero-order chi connectivity index (χ0) is 8.32. The molecule has 0 heterocycles. The lowest BCUT2D eigenvalue weighted by atomic mass is 10.00. The standard InChI is InChI=1S/C9H17BrO/c1-3-11-7-6-9(4-5-9)8(2)10/h8H,3-7H2,1-2H3. The summed E-state index contributed by atoms with van der Waals surface area (Å²) in [6.07, 6.45) is 3.99. The molecule has 0 N–H and O–H groups in total. The fourth-order valence-corrected chi connectivity index (χ4v) is 2.11. The van der Waals surface area contributed by atoms with Gasteiger partial charge in [-0.1, -0.05) is 22.9 Å². The fourth-order valence-electron chi connectivity index (χ4n) is 1.43. The lowest BCUT2D eigenvalue weighted by Gasteiger charge is -2.17. The highest BCUT2D eigenvalue weighted by Gasteiger charge is 2.45. The Hall–Kier alpha value is 0.440. The van der Waals surface area contributed by atoms with Gasteiger partial charge in [-0.25, -0.2) is 0 Å².